The molecule has 0 spiro atoms. The van der Waals surface area contributed by atoms with Crippen LogP contribution in [0.5, 0.6) is 0 Å². The summed E-state index contributed by atoms with van der Waals surface area (Å²) in [5, 5.41) is 13.1. The van der Waals surface area contributed by atoms with Gasteiger partial charge >= 0.3 is 5.97 Å². The maximum atomic E-state index is 12.9. The van der Waals surface area contributed by atoms with Crippen molar-refractivity contribution < 1.29 is 14.7 Å². The molecular formula is C19H24N2O3. The van der Waals surface area contributed by atoms with E-state index in [0.29, 0.717) is 5.92 Å². The van der Waals surface area contributed by atoms with Gasteiger partial charge in [-0.3, -0.25) is 4.79 Å². The minimum absolute atomic E-state index is 0.0868. The van der Waals surface area contributed by atoms with E-state index >= 15 is 0 Å². The third-order valence-electron chi connectivity index (χ3n) is 5.57. The molecular weight excluding hydrogens is 304 g/mol. The van der Waals surface area contributed by atoms with E-state index < -0.39 is 5.97 Å². The Labute approximate surface area is 141 Å². The molecule has 1 saturated carbocycles. The van der Waals surface area contributed by atoms with Crippen molar-refractivity contribution in [3.63, 3.8) is 0 Å². The summed E-state index contributed by atoms with van der Waals surface area (Å²) in [4.78, 5) is 24.1. The maximum Gasteiger partial charge on any atom is 0.352 e. The number of amides is 1. The Hall–Kier alpha value is -2.30. The second kappa shape index (κ2) is 5.96. The van der Waals surface area contributed by atoms with Gasteiger partial charge in [0.05, 0.1) is 5.41 Å². The lowest BCUT2D eigenvalue weighted by molar-refractivity contribution is -0.127. The van der Waals surface area contributed by atoms with E-state index in [0.717, 1.165) is 42.3 Å². The molecule has 0 radical (unpaired) electrons. The fraction of sp³-hybridized carbons (Fsp3) is 0.474. The number of aromatic nitrogens is 1. The van der Waals surface area contributed by atoms with Crippen molar-refractivity contribution in [2.75, 3.05) is 5.32 Å². The summed E-state index contributed by atoms with van der Waals surface area (Å²) < 4.78 is 1.65. The van der Waals surface area contributed by atoms with Crippen molar-refractivity contribution in [3.05, 3.63) is 30.0 Å². The Balaban J connectivity index is 1.90. The quantitative estimate of drug-likeness (QED) is 0.890. The minimum Gasteiger partial charge on any atom is -0.477 e. The molecule has 1 amide bonds. The second-order valence-corrected chi connectivity index (χ2v) is 7.14. The summed E-state index contributed by atoms with van der Waals surface area (Å²) in [6.45, 7) is 4.23. The van der Waals surface area contributed by atoms with Gasteiger partial charge in [0, 0.05) is 23.6 Å². The molecule has 0 bridgehead atoms. The summed E-state index contributed by atoms with van der Waals surface area (Å²) >= 11 is 0. The molecule has 1 aromatic carbocycles. The van der Waals surface area contributed by atoms with E-state index in [2.05, 4.69) is 19.2 Å². The smallest absolute Gasteiger partial charge is 0.352 e. The SMILES string of the molecule is CC(C)C1(C(=O)Nc2ccc3c(c2)cc(C(=O)O)n3C)CCCC1. The third kappa shape index (κ3) is 2.58. The van der Waals surface area contributed by atoms with Gasteiger partial charge in [0.2, 0.25) is 5.91 Å². The van der Waals surface area contributed by atoms with Crippen LogP contribution in [0.4, 0.5) is 5.69 Å². The number of anilines is 1. The number of nitrogens with one attached hydrogen (secondary N) is 1. The fourth-order valence-corrected chi connectivity index (χ4v) is 3.96. The van der Waals surface area contributed by atoms with Crippen LogP contribution in [-0.2, 0) is 11.8 Å². The van der Waals surface area contributed by atoms with Gasteiger partial charge < -0.3 is 15.0 Å². The van der Waals surface area contributed by atoms with Gasteiger partial charge in [0.1, 0.15) is 5.69 Å². The molecule has 3 rings (SSSR count). The van der Waals surface area contributed by atoms with E-state index in [1.807, 2.05) is 18.2 Å². The molecule has 0 atom stereocenters. The molecule has 24 heavy (non-hydrogen) atoms. The highest BCUT2D eigenvalue weighted by Crippen LogP contribution is 2.45. The number of nitrogens with zero attached hydrogens (tertiary/aromatic N) is 1. The summed E-state index contributed by atoms with van der Waals surface area (Å²) in [6.07, 6.45) is 4.08. The summed E-state index contributed by atoms with van der Waals surface area (Å²) in [6, 6.07) is 7.19. The first-order chi connectivity index (χ1) is 11.3. The molecule has 128 valence electrons. The normalized spacial score (nSPS) is 16.7. The molecule has 1 aromatic heterocycles. The first-order valence-corrected chi connectivity index (χ1v) is 8.49. The van der Waals surface area contributed by atoms with Crippen LogP contribution >= 0.6 is 0 Å². The average molecular weight is 328 g/mol. The summed E-state index contributed by atoms with van der Waals surface area (Å²) in [5.74, 6) is -0.563. The van der Waals surface area contributed by atoms with E-state index in [1.54, 1.807) is 17.7 Å². The van der Waals surface area contributed by atoms with Gasteiger partial charge in [0.15, 0.2) is 0 Å². The highest BCUT2D eigenvalue weighted by Gasteiger charge is 2.43. The van der Waals surface area contributed by atoms with E-state index in [4.69, 9.17) is 0 Å². The Bertz CT molecular complexity index is 798. The summed E-state index contributed by atoms with van der Waals surface area (Å²) in [5.41, 5.74) is 1.52. The predicted octanol–water partition coefficient (Wildman–Crippen LogP) is 4.03. The molecule has 5 heteroatoms. The monoisotopic (exact) mass is 328 g/mol. The third-order valence-corrected chi connectivity index (χ3v) is 5.57. The van der Waals surface area contributed by atoms with Crippen LogP contribution in [0, 0.1) is 11.3 Å². The molecule has 0 unspecified atom stereocenters. The molecule has 1 aliphatic carbocycles. The first kappa shape index (κ1) is 16.6. The zero-order valence-corrected chi connectivity index (χ0v) is 14.4. The number of aryl methyl sites for hydroxylation is 1. The van der Waals surface area contributed by atoms with Gasteiger partial charge in [-0.05, 0) is 43.0 Å². The Morgan fingerprint density at radius 1 is 1.21 bits per heavy atom. The average Bonchev–Trinajstić information content (AvgIpc) is 3.13. The van der Waals surface area contributed by atoms with E-state index in [-0.39, 0.29) is 17.0 Å². The van der Waals surface area contributed by atoms with Crippen LogP contribution in [-0.4, -0.2) is 21.6 Å². The number of rotatable bonds is 4. The van der Waals surface area contributed by atoms with Gasteiger partial charge in [-0.25, -0.2) is 4.79 Å². The predicted molar refractivity (Wildman–Crippen MR) is 94.2 cm³/mol. The van der Waals surface area contributed by atoms with Gasteiger partial charge in [-0.1, -0.05) is 26.7 Å². The van der Waals surface area contributed by atoms with Crippen LogP contribution in [0.3, 0.4) is 0 Å². The lowest BCUT2D eigenvalue weighted by Gasteiger charge is -2.31. The number of hydrogen-bond acceptors (Lipinski definition) is 2. The van der Waals surface area contributed by atoms with E-state index in [9.17, 15) is 14.7 Å². The lowest BCUT2D eigenvalue weighted by atomic mass is 9.75. The lowest BCUT2D eigenvalue weighted by Crippen LogP contribution is -2.38. The standard InChI is InChI=1S/C19H24N2O3/c1-12(2)19(8-4-5-9-19)18(24)20-14-6-7-15-13(10-14)11-16(17(22)23)21(15)3/h6-7,10-12H,4-5,8-9H2,1-3H3,(H,20,24)(H,22,23). The van der Waals surface area contributed by atoms with Crippen molar-refractivity contribution in [2.24, 2.45) is 18.4 Å². The van der Waals surface area contributed by atoms with Crippen molar-refractivity contribution in [2.45, 2.75) is 39.5 Å². The molecule has 0 saturated heterocycles. The van der Waals surface area contributed by atoms with Crippen molar-refractivity contribution in [1.29, 1.82) is 0 Å². The molecule has 1 fully saturated rings. The van der Waals surface area contributed by atoms with Gasteiger partial charge in [-0.2, -0.15) is 0 Å². The number of aromatic carboxylic acids is 1. The highest BCUT2D eigenvalue weighted by molar-refractivity contribution is 5.99. The Kier molecular flexibility index (Phi) is 4.11. The number of hydrogen-bond donors (Lipinski definition) is 2. The van der Waals surface area contributed by atoms with Crippen molar-refractivity contribution >= 4 is 28.5 Å². The molecule has 5 nitrogen and oxygen atoms in total. The molecule has 2 aromatic rings. The van der Waals surface area contributed by atoms with E-state index in [1.165, 1.54) is 0 Å². The van der Waals surface area contributed by atoms with Gasteiger partial charge in [-0.15, -0.1) is 0 Å². The van der Waals surface area contributed by atoms with Crippen LogP contribution in [0.1, 0.15) is 50.0 Å². The minimum atomic E-state index is -0.955. The van der Waals surface area contributed by atoms with Crippen LogP contribution in [0.15, 0.2) is 24.3 Å². The second-order valence-electron chi connectivity index (χ2n) is 7.14. The Morgan fingerprint density at radius 3 is 2.46 bits per heavy atom. The van der Waals surface area contributed by atoms with Crippen LogP contribution in [0.2, 0.25) is 0 Å². The molecule has 2 N–H and O–H groups in total. The highest BCUT2D eigenvalue weighted by atomic mass is 16.4. The van der Waals surface area contributed by atoms with Crippen LogP contribution in [0.25, 0.3) is 10.9 Å². The van der Waals surface area contributed by atoms with Crippen LogP contribution < -0.4 is 5.32 Å². The van der Waals surface area contributed by atoms with Crippen molar-refractivity contribution in [1.82, 2.24) is 4.57 Å². The van der Waals surface area contributed by atoms with Crippen molar-refractivity contribution in [3.8, 4) is 0 Å². The fourth-order valence-electron chi connectivity index (χ4n) is 3.96. The zero-order valence-electron chi connectivity index (χ0n) is 14.4. The molecule has 1 aliphatic rings. The number of carbonyl (C=O) groups excluding carboxylic acids is 1. The summed E-state index contributed by atoms with van der Waals surface area (Å²) in [7, 11) is 1.73. The Morgan fingerprint density at radius 2 is 1.88 bits per heavy atom. The zero-order chi connectivity index (χ0) is 17.5. The number of carbonyl (C=O) groups is 2. The maximum absolute atomic E-state index is 12.9. The van der Waals surface area contributed by atoms with Gasteiger partial charge in [0.25, 0.3) is 0 Å². The largest absolute Gasteiger partial charge is 0.477 e. The number of benzene rings is 1. The number of carboxylic acids is 1. The topological polar surface area (TPSA) is 71.3 Å². The first-order valence-electron chi connectivity index (χ1n) is 8.49. The number of carboxylic acid groups (broad SMARTS) is 1. The molecule has 0 aliphatic heterocycles. The number of fused-ring (bicyclic) bond motifs is 1. The molecule has 1 heterocycles.